The van der Waals surface area contributed by atoms with Gasteiger partial charge in [-0.2, -0.15) is 0 Å². The molecule has 0 aliphatic heterocycles. The summed E-state index contributed by atoms with van der Waals surface area (Å²) in [6.45, 7) is 1.92. The van der Waals surface area contributed by atoms with Crippen LogP contribution >= 0.6 is 11.3 Å². The van der Waals surface area contributed by atoms with Crippen LogP contribution in [0.5, 0.6) is 0 Å². The van der Waals surface area contributed by atoms with E-state index in [0.29, 0.717) is 6.54 Å². The third kappa shape index (κ3) is 5.38. The summed E-state index contributed by atoms with van der Waals surface area (Å²) in [7, 11) is -2.05. The number of carbonyl (C=O) groups is 2. The van der Waals surface area contributed by atoms with Crippen molar-refractivity contribution < 1.29 is 22.7 Å². The van der Waals surface area contributed by atoms with Crippen LogP contribution < -0.4 is 4.72 Å². The van der Waals surface area contributed by atoms with Crippen LogP contribution in [0.3, 0.4) is 0 Å². The second kappa shape index (κ2) is 8.93. The molecule has 9 heteroatoms. The number of nitrogens with zero attached hydrogens (tertiary/aromatic N) is 1. The minimum Gasteiger partial charge on any atom is -0.452 e. The second-order valence-corrected chi connectivity index (χ2v) is 8.23. The van der Waals surface area contributed by atoms with Crippen molar-refractivity contribution in [2.24, 2.45) is 0 Å². The first kappa shape index (κ1) is 20.1. The van der Waals surface area contributed by atoms with Crippen molar-refractivity contribution in [3.8, 4) is 0 Å². The molecule has 0 aliphatic carbocycles. The normalized spacial score (nSPS) is 11.2. The zero-order chi connectivity index (χ0) is 19.2. The topological polar surface area (TPSA) is 92.8 Å². The number of amides is 1. The maximum Gasteiger partial charge on any atom is 0.338 e. The lowest BCUT2D eigenvalue weighted by Gasteiger charge is -2.16. The van der Waals surface area contributed by atoms with E-state index in [1.165, 1.54) is 40.5 Å². The minimum atomic E-state index is -3.67. The van der Waals surface area contributed by atoms with E-state index >= 15 is 0 Å². The van der Waals surface area contributed by atoms with E-state index in [9.17, 15) is 18.0 Å². The van der Waals surface area contributed by atoms with Gasteiger partial charge in [-0.25, -0.2) is 17.9 Å². The van der Waals surface area contributed by atoms with E-state index in [1.807, 2.05) is 17.5 Å². The van der Waals surface area contributed by atoms with Gasteiger partial charge < -0.3 is 9.64 Å². The van der Waals surface area contributed by atoms with Crippen molar-refractivity contribution in [3.05, 3.63) is 52.2 Å². The van der Waals surface area contributed by atoms with Crippen molar-refractivity contribution >= 4 is 33.2 Å². The molecule has 0 unspecified atom stereocenters. The zero-order valence-electron chi connectivity index (χ0n) is 14.5. The molecule has 0 saturated carbocycles. The number of carbonyl (C=O) groups excluding carboxylic acids is 2. The molecule has 2 aromatic rings. The van der Waals surface area contributed by atoms with Crippen LogP contribution in [0.15, 0.2) is 46.7 Å². The summed E-state index contributed by atoms with van der Waals surface area (Å²) in [6, 6.07) is 9.30. The van der Waals surface area contributed by atoms with E-state index in [4.69, 9.17) is 4.74 Å². The number of sulfonamides is 1. The molecule has 0 atom stereocenters. The SMILES string of the molecule is CCNS(=O)(=O)c1cccc(C(=O)OCC(=O)N(C)Cc2cccs2)c1. The number of ether oxygens (including phenoxy) is 1. The van der Waals surface area contributed by atoms with Gasteiger partial charge in [-0.3, -0.25) is 4.79 Å². The Bertz CT molecular complexity index is 863. The van der Waals surface area contributed by atoms with Crippen molar-refractivity contribution in [1.29, 1.82) is 0 Å². The molecule has 1 N–H and O–H groups in total. The average Bonchev–Trinajstić information content (AvgIpc) is 3.12. The van der Waals surface area contributed by atoms with Gasteiger partial charge in [0.05, 0.1) is 17.0 Å². The summed E-state index contributed by atoms with van der Waals surface area (Å²) in [5, 5.41) is 1.92. The molecule has 1 aromatic heterocycles. The largest absolute Gasteiger partial charge is 0.452 e. The highest BCUT2D eigenvalue weighted by atomic mass is 32.2. The molecule has 0 spiro atoms. The highest BCUT2D eigenvalue weighted by molar-refractivity contribution is 7.89. The molecular formula is C17H20N2O5S2. The summed E-state index contributed by atoms with van der Waals surface area (Å²) in [4.78, 5) is 26.6. The number of rotatable bonds is 8. The fourth-order valence-corrected chi connectivity index (χ4v) is 3.95. The highest BCUT2D eigenvalue weighted by Gasteiger charge is 2.17. The van der Waals surface area contributed by atoms with Crippen LogP contribution in [0, 0.1) is 0 Å². The van der Waals surface area contributed by atoms with Gasteiger partial charge in [-0.1, -0.05) is 19.1 Å². The fraction of sp³-hybridized carbons (Fsp3) is 0.294. The van der Waals surface area contributed by atoms with Crippen LogP contribution in [0.2, 0.25) is 0 Å². The molecule has 1 heterocycles. The lowest BCUT2D eigenvalue weighted by molar-refractivity contribution is -0.133. The monoisotopic (exact) mass is 396 g/mol. The van der Waals surface area contributed by atoms with Crippen molar-refractivity contribution in [2.45, 2.75) is 18.4 Å². The van der Waals surface area contributed by atoms with Crippen molar-refractivity contribution in [1.82, 2.24) is 9.62 Å². The molecule has 140 valence electrons. The van der Waals surface area contributed by atoms with Crippen molar-refractivity contribution in [3.63, 3.8) is 0 Å². The predicted octanol–water partition coefficient (Wildman–Crippen LogP) is 1.86. The molecule has 1 aromatic carbocycles. The molecular weight excluding hydrogens is 376 g/mol. The highest BCUT2D eigenvalue weighted by Crippen LogP contribution is 2.13. The number of likely N-dealkylation sites (N-methyl/N-ethyl adjacent to an activating group) is 1. The van der Waals surface area contributed by atoms with Gasteiger partial charge in [0, 0.05) is 18.5 Å². The van der Waals surface area contributed by atoms with Crippen LogP contribution in [0.4, 0.5) is 0 Å². The van der Waals surface area contributed by atoms with Crippen LogP contribution in [-0.2, 0) is 26.1 Å². The molecule has 7 nitrogen and oxygen atoms in total. The maximum atomic E-state index is 12.1. The first-order valence-electron chi connectivity index (χ1n) is 7.86. The third-order valence-electron chi connectivity index (χ3n) is 3.44. The molecule has 26 heavy (non-hydrogen) atoms. The van der Waals surface area contributed by atoms with Gasteiger partial charge in [0.15, 0.2) is 6.61 Å². The number of hydrogen-bond donors (Lipinski definition) is 1. The number of thiophene rings is 1. The Labute approximate surface area is 156 Å². The Hall–Kier alpha value is -2.23. The summed E-state index contributed by atoms with van der Waals surface area (Å²) in [5.74, 6) is -1.10. The first-order chi connectivity index (χ1) is 12.3. The zero-order valence-corrected chi connectivity index (χ0v) is 16.1. The van der Waals surface area contributed by atoms with E-state index in [1.54, 1.807) is 14.0 Å². The van der Waals surface area contributed by atoms with Gasteiger partial charge in [-0.15, -0.1) is 11.3 Å². The fourth-order valence-electron chi connectivity index (χ4n) is 2.11. The van der Waals surface area contributed by atoms with Gasteiger partial charge in [0.2, 0.25) is 10.0 Å². The maximum absolute atomic E-state index is 12.1. The van der Waals surface area contributed by atoms with Gasteiger partial charge in [-0.05, 0) is 29.6 Å². The Balaban J connectivity index is 1.96. The van der Waals surface area contributed by atoms with Gasteiger partial charge in [0.25, 0.3) is 5.91 Å². The molecule has 0 fully saturated rings. The smallest absolute Gasteiger partial charge is 0.338 e. The molecule has 2 rings (SSSR count). The Morgan fingerprint density at radius 1 is 1.23 bits per heavy atom. The number of esters is 1. The number of hydrogen-bond acceptors (Lipinski definition) is 6. The quantitative estimate of drug-likeness (QED) is 0.688. The standard InChI is InChI=1S/C17H20N2O5S2/c1-3-18-26(22,23)15-8-4-6-13(10-15)17(21)24-12-16(20)19(2)11-14-7-5-9-25-14/h4-10,18H,3,11-12H2,1-2H3. The average molecular weight is 396 g/mol. The molecule has 0 radical (unpaired) electrons. The van der Waals surface area contributed by atoms with E-state index in [0.717, 1.165) is 4.88 Å². The van der Waals surface area contributed by atoms with Crippen molar-refractivity contribution in [2.75, 3.05) is 20.2 Å². The van der Waals surface area contributed by atoms with E-state index in [-0.39, 0.29) is 22.9 Å². The Morgan fingerprint density at radius 3 is 2.65 bits per heavy atom. The van der Waals surface area contributed by atoms with Crippen LogP contribution in [0.25, 0.3) is 0 Å². The van der Waals surface area contributed by atoms with E-state index in [2.05, 4.69) is 4.72 Å². The summed E-state index contributed by atoms with van der Waals surface area (Å²) in [5.41, 5.74) is 0.0673. The summed E-state index contributed by atoms with van der Waals surface area (Å²) >= 11 is 1.53. The lowest BCUT2D eigenvalue weighted by atomic mass is 10.2. The molecule has 0 aliphatic rings. The van der Waals surface area contributed by atoms with Gasteiger partial charge in [0.1, 0.15) is 0 Å². The van der Waals surface area contributed by atoms with Crippen LogP contribution in [0.1, 0.15) is 22.2 Å². The number of benzene rings is 1. The predicted molar refractivity (Wildman–Crippen MR) is 98.4 cm³/mol. The second-order valence-electron chi connectivity index (χ2n) is 5.43. The molecule has 0 saturated heterocycles. The van der Waals surface area contributed by atoms with Gasteiger partial charge >= 0.3 is 5.97 Å². The molecule has 1 amide bonds. The first-order valence-corrected chi connectivity index (χ1v) is 10.2. The number of nitrogens with one attached hydrogen (secondary N) is 1. The third-order valence-corrected chi connectivity index (χ3v) is 5.84. The Morgan fingerprint density at radius 2 is 2.00 bits per heavy atom. The lowest BCUT2D eigenvalue weighted by Crippen LogP contribution is -2.30. The summed E-state index contributed by atoms with van der Waals surface area (Å²) < 4.78 is 31.3. The summed E-state index contributed by atoms with van der Waals surface area (Å²) in [6.07, 6.45) is 0. The Kier molecular flexibility index (Phi) is 6.90. The van der Waals surface area contributed by atoms with E-state index < -0.39 is 22.6 Å². The molecule has 0 bridgehead atoms. The van der Waals surface area contributed by atoms with Crippen LogP contribution in [-0.4, -0.2) is 45.4 Å². The minimum absolute atomic E-state index is 0.0325.